The Morgan fingerprint density at radius 3 is 2.50 bits per heavy atom. The molecule has 6 nitrogen and oxygen atoms in total. The third-order valence-electron chi connectivity index (χ3n) is 11.3. The first-order valence-corrected chi connectivity index (χ1v) is 13.0. The molecule has 6 heteroatoms. The molecular weight excluding hydrogens is 432 g/mol. The van der Waals surface area contributed by atoms with E-state index in [4.69, 9.17) is 18.6 Å². The molecule has 4 unspecified atom stereocenters. The van der Waals surface area contributed by atoms with Gasteiger partial charge in [0.2, 0.25) is 0 Å². The highest BCUT2D eigenvalue weighted by Gasteiger charge is 2.88. The van der Waals surface area contributed by atoms with Crippen LogP contribution in [0.4, 0.5) is 0 Å². The van der Waals surface area contributed by atoms with Crippen molar-refractivity contribution in [3.63, 3.8) is 0 Å². The molecule has 3 heterocycles. The van der Waals surface area contributed by atoms with Crippen LogP contribution in [0.15, 0.2) is 23.0 Å². The van der Waals surface area contributed by atoms with Crippen LogP contribution in [-0.4, -0.2) is 29.7 Å². The standard InChI is InChI=1S/C28H38O6/c1-16(29)32-20-14-19-24(2,3)10-7-11-25(19,4)18-8-12-26(5)21(17-9-13-31-15-17)33-23(30)22-28(26,34-22)27(18,20)6/h9,13,15,18-22H,7-8,10-12,14H2,1-6H3/t18?,19?,20-,21+,22?,25-,26+,27+,28?/m1/s1. The summed E-state index contributed by atoms with van der Waals surface area (Å²) >= 11 is 0. The van der Waals surface area contributed by atoms with Crippen LogP contribution in [0.2, 0.25) is 0 Å². The summed E-state index contributed by atoms with van der Waals surface area (Å²) in [6.45, 7) is 13.2. The number of rotatable bonds is 2. The Kier molecular flexibility index (Phi) is 4.45. The van der Waals surface area contributed by atoms with Crippen LogP contribution in [0, 0.1) is 33.5 Å². The number of ether oxygens (including phenoxy) is 3. The predicted molar refractivity (Wildman–Crippen MR) is 123 cm³/mol. The first kappa shape index (κ1) is 22.6. The minimum absolute atomic E-state index is 0.103. The molecule has 6 rings (SSSR count). The molecule has 0 amide bonds. The molecule has 0 N–H and O–H groups in total. The zero-order valence-electron chi connectivity index (χ0n) is 21.3. The Bertz CT molecular complexity index is 1030. The van der Waals surface area contributed by atoms with Gasteiger partial charge in [0, 0.05) is 23.3 Å². The molecule has 0 aromatic carbocycles. The van der Waals surface area contributed by atoms with Crippen molar-refractivity contribution in [2.45, 2.75) is 104 Å². The summed E-state index contributed by atoms with van der Waals surface area (Å²) in [5.41, 5.74) is -0.501. The minimum Gasteiger partial charge on any atom is -0.472 e. The van der Waals surface area contributed by atoms with E-state index in [-0.39, 0.29) is 34.8 Å². The third kappa shape index (κ3) is 2.46. The number of cyclic esters (lactones) is 1. The van der Waals surface area contributed by atoms with Gasteiger partial charge in [-0.2, -0.15) is 0 Å². The van der Waals surface area contributed by atoms with E-state index in [1.807, 2.05) is 6.07 Å². The summed E-state index contributed by atoms with van der Waals surface area (Å²) in [6, 6.07) is 1.89. The van der Waals surface area contributed by atoms with Crippen LogP contribution in [-0.2, 0) is 23.8 Å². The first-order chi connectivity index (χ1) is 15.9. The minimum atomic E-state index is -0.726. The predicted octanol–water partition coefficient (Wildman–Crippen LogP) is 5.61. The zero-order chi connectivity index (χ0) is 24.3. The number of hydrogen-bond acceptors (Lipinski definition) is 6. The lowest BCUT2D eigenvalue weighted by molar-refractivity contribution is -0.267. The average Bonchev–Trinajstić information content (AvgIpc) is 3.31. The van der Waals surface area contributed by atoms with E-state index in [1.165, 1.54) is 26.2 Å². The molecule has 34 heavy (non-hydrogen) atoms. The fraction of sp³-hybridized carbons (Fsp3) is 0.786. The van der Waals surface area contributed by atoms with Crippen molar-refractivity contribution in [3.8, 4) is 0 Å². The second kappa shape index (κ2) is 6.68. The summed E-state index contributed by atoms with van der Waals surface area (Å²) in [5.74, 6) is 0.183. The van der Waals surface area contributed by atoms with Crippen LogP contribution < -0.4 is 0 Å². The van der Waals surface area contributed by atoms with Gasteiger partial charge in [0.05, 0.1) is 12.5 Å². The Morgan fingerprint density at radius 1 is 1.06 bits per heavy atom. The van der Waals surface area contributed by atoms with E-state index in [2.05, 4.69) is 34.6 Å². The molecule has 9 atom stereocenters. The molecule has 0 bridgehead atoms. The molecule has 5 fully saturated rings. The van der Waals surface area contributed by atoms with Crippen LogP contribution in [0.25, 0.3) is 0 Å². The van der Waals surface area contributed by atoms with E-state index < -0.39 is 28.6 Å². The number of hydrogen-bond donors (Lipinski definition) is 0. The summed E-state index contributed by atoms with van der Waals surface area (Å²) in [7, 11) is 0. The topological polar surface area (TPSA) is 78.3 Å². The van der Waals surface area contributed by atoms with Crippen molar-refractivity contribution in [1.29, 1.82) is 0 Å². The van der Waals surface area contributed by atoms with Gasteiger partial charge in [-0.3, -0.25) is 4.79 Å². The van der Waals surface area contributed by atoms with Crippen LogP contribution in [0.3, 0.4) is 0 Å². The fourth-order valence-corrected chi connectivity index (χ4v) is 9.99. The van der Waals surface area contributed by atoms with Crippen LogP contribution in [0.1, 0.15) is 91.7 Å². The maximum absolute atomic E-state index is 13.3. The molecule has 2 saturated heterocycles. The van der Waals surface area contributed by atoms with Crippen molar-refractivity contribution < 1.29 is 28.2 Å². The van der Waals surface area contributed by atoms with Gasteiger partial charge in [-0.05, 0) is 60.8 Å². The van der Waals surface area contributed by atoms with Crippen molar-refractivity contribution in [2.75, 3.05) is 0 Å². The molecule has 1 aromatic heterocycles. The van der Waals surface area contributed by atoms with E-state index in [0.717, 1.165) is 24.8 Å². The van der Waals surface area contributed by atoms with Gasteiger partial charge in [0.15, 0.2) is 6.10 Å². The fourth-order valence-electron chi connectivity index (χ4n) is 9.99. The summed E-state index contributed by atoms with van der Waals surface area (Å²) in [5, 5.41) is 0. The van der Waals surface area contributed by atoms with E-state index >= 15 is 0 Å². The molecule has 2 aliphatic heterocycles. The molecule has 5 aliphatic rings. The Labute approximate surface area is 202 Å². The lowest BCUT2D eigenvalue weighted by Crippen LogP contribution is -2.72. The molecule has 1 spiro atoms. The summed E-state index contributed by atoms with van der Waals surface area (Å²) in [6.07, 6.45) is 8.23. The largest absolute Gasteiger partial charge is 0.472 e. The Balaban J connectivity index is 1.53. The van der Waals surface area contributed by atoms with Gasteiger partial charge < -0.3 is 18.6 Å². The van der Waals surface area contributed by atoms with E-state index in [9.17, 15) is 9.59 Å². The molecule has 186 valence electrons. The van der Waals surface area contributed by atoms with E-state index in [0.29, 0.717) is 5.92 Å². The van der Waals surface area contributed by atoms with Crippen molar-refractivity contribution in [1.82, 2.24) is 0 Å². The van der Waals surface area contributed by atoms with E-state index in [1.54, 1.807) is 12.5 Å². The quantitative estimate of drug-likeness (QED) is 0.413. The molecule has 3 aliphatic carbocycles. The normalized spacial score (nSPS) is 50.6. The number of furan rings is 1. The SMILES string of the molecule is CC(=O)O[C@@H]1CC2C(C)(C)CCC[C@]2(C)C2CC[C@@]3(C)[C@H](c4ccoc4)OC(=O)C4OC43[C@@]21C. The molecule has 1 aromatic rings. The zero-order valence-corrected chi connectivity index (χ0v) is 21.3. The van der Waals surface area contributed by atoms with Crippen molar-refractivity contribution in [2.24, 2.45) is 33.5 Å². The van der Waals surface area contributed by atoms with Gasteiger partial charge in [-0.1, -0.05) is 41.0 Å². The van der Waals surface area contributed by atoms with Gasteiger partial charge >= 0.3 is 11.9 Å². The number of carbonyl (C=O) groups is 2. The number of epoxide rings is 1. The second-order valence-electron chi connectivity index (χ2n) is 13.1. The van der Waals surface area contributed by atoms with Gasteiger partial charge in [0.1, 0.15) is 17.8 Å². The summed E-state index contributed by atoms with van der Waals surface area (Å²) in [4.78, 5) is 25.7. The summed E-state index contributed by atoms with van der Waals surface area (Å²) < 4.78 is 24.2. The number of fused-ring (bicyclic) bond motifs is 3. The maximum atomic E-state index is 13.3. The van der Waals surface area contributed by atoms with Crippen LogP contribution in [0.5, 0.6) is 0 Å². The lowest BCUT2D eigenvalue weighted by Gasteiger charge is -2.70. The van der Waals surface area contributed by atoms with Crippen molar-refractivity contribution in [3.05, 3.63) is 24.2 Å². The van der Waals surface area contributed by atoms with Crippen LogP contribution >= 0.6 is 0 Å². The Morgan fingerprint density at radius 2 is 1.82 bits per heavy atom. The van der Waals surface area contributed by atoms with Gasteiger partial charge in [0.25, 0.3) is 0 Å². The lowest BCUT2D eigenvalue weighted by atomic mass is 9.35. The monoisotopic (exact) mass is 470 g/mol. The average molecular weight is 471 g/mol. The first-order valence-electron chi connectivity index (χ1n) is 13.0. The Hall–Kier alpha value is -1.82. The molecular formula is C28H38O6. The second-order valence-corrected chi connectivity index (χ2v) is 13.1. The highest BCUT2D eigenvalue weighted by Crippen LogP contribution is 2.80. The molecule has 0 radical (unpaired) electrons. The van der Waals surface area contributed by atoms with Crippen molar-refractivity contribution >= 4 is 11.9 Å². The van der Waals surface area contributed by atoms with Gasteiger partial charge in [-0.15, -0.1) is 0 Å². The third-order valence-corrected chi connectivity index (χ3v) is 11.3. The smallest absolute Gasteiger partial charge is 0.339 e. The molecule has 3 saturated carbocycles. The van der Waals surface area contributed by atoms with Gasteiger partial charge in [-0.25, -0.2) is 4.79 Å². The highest BCUT2D eigenvalue weighted by atomic mass is 16.7. The number of carbonyl (C=O) groups excluding carboxylic acids is 2. The maximum Gasteiger partial charge on any atom is 0.339 e. The number of esters is 2. The highest BCUT2D eigenvalue weighted by molar-refractivity contribution is 5.82.